The van der Waals surface area contributed by atoms with Crippen LogP contribution >= 0.6 is 0 Å². The molecular formula is C14H22N2O4. The summed E-state index contributed by atoms with van der Waals surface area (Å²) < 4.78 is 5.09. The third-order valence-corrected chi connectivity index (χ3v) is 3.35. The first-order valence-corrected chi connectivity index (χ1v) is 6.51. The highest BCUT2D eigenvalue weighted by molar-refractivity contribution is 6.00. The van der Waals surface area contributed by atoms with Crippen LogP contribution in [0, 0.1) is 19.8 Å². The number of amides is 1. The zero-order valence-corrected chi connectivity index (χ0v) is 12.5. The molecule has 0 spiro atoms. The monoisotopic (exact) mass is 282 g/mol. The molecule has 20 heavy (non-hydrogen) atoms. The fourth-order valence-corrected chi connectivity index (χ4v) is 2.13. The van der Waals surface area contributed by atoms with E-state index in [1.54, 1.807) is 21.0 Å². The Morgan fingerprint density at radius 3 is 2.35 bits per heavy atom. The molecule has 0 aliphatic rings. The van der Waals surface area contributed by atoms with Crippen LogP contribution in [-0.2, 0) is 4.74 Å². The average molecular weight is 282 g/mol. The third kappa shape index (κ3) is 3.39. The SMILES string of the molecule is COCC(NC(=O)c1c(C)[nH]c(C(=O)O)c1C)C(C)C. The summed E-state index contributed by atoms with van der Waals surface area (Å²) in [5.74, 6) is -1.13. The number of H-pyrrole nitrogens is 1. The number of aromatic nitrogens is 1. The normalized spacial score (nSPS) is 12.5. The van der Waals surface area contributed by atoms with Crippen LogP contribution in [0.25, 0.3) is 0 Å². The summed E-state index contributed by atoms with van der Waals surface area (Å²) in [6, 6.07) is -0.116. The van der Waals surface area contributed by atoms with Gasteiger partial charge in [0, 0.05) is 12.8 Å². The Labute approximate surface area is 118 Å². The van der Waals surface area contributed by atoms with Crippen LogP contribution < -0.4 is 5.32 Å². The first-order chi connectivity index (χ1) is 9.29. The highest BCUT2D eigenvalue weighted by Gasteiger charge is 2.24. The minimum atomic E-state index is -1.07. The molecule has 6 heteroatoms. The van der Waals surface area contributed by atoms with Crippen LogP contribution in [0.2, 0.25) is 0 Å². The highest BCUT2D eigenvalue weighted by atomic mass is 16.5. The lowest BCUT2D eigenvalue weighted by Crippen LogP contribution is -2.42. The number of hydrogen-bond acceptors (Lipinski definition) is 3. The van der Waals surface area contributed by atoms with Crippen molar-refractivity contribution >= 4 is 11.9 Å². The fraction of sp³-hybridized carbons (Fsp3) is 0.571. The van der Waals surface area contributed by atoms with E-state index in [4.69, 9.17) is 9.84 Å². The van der Waals surface area contributed by atoms with Crippen LogP contribution in [-0.4, -0.2) is 41.7 Å². The van der Waals surface area contributed by atoms with Gasteiger partial charge in [0.15, 0.2) is 0 Å². The molecule has 1 aromatic heterocycles. The Hall–Kier alpha value is -1.82. The maximum absolute atomic E-state index is 12.3. The van der Waals surface area contributed by atoms with Crippen molar-refractivity contribution in [1.82, 2.24) is 10.3 Å². The second-order valence-corrected chi connectivity index (χ2v) is 5.21. The average Bonchev–Trinajstić information content (AvgIpc) is 2.64. The number of carbonyl (C=O) groups excluding carboxylic acids is 1. The van der Waals surface area contributed by atoms with E-state index < -0.39 is 5.97 Å². The third-order valence-electron chi connectivity index (χ3n) is 3.35. The van der Waals surface area contributed by atoms with Gasteiger partial charge in [-0.05, 0) is 25.3 Å². The van der Waals surface area contributed by atoms with Crippen molar-refractivity contribution in [2.45, 2.75) is 33.7 Å². The van der Waals surface area contributed by atoms with Crippen molar-refractivity contribution in [3.63, 3.8) is 0 Å². The number of rotatable bonds is 6. The zero-order valence-electron chi connectivity index (χ0n) is 12.5. The van der Waals surface area contributed by atoms with Crippen LogP contribution in [0.3, 0.4) is 0 Å². The molecule has 1 heterocycles. The number of nitrogens with one attached hydrogen (secondary N) is 2. The van der Waals surface area contributed by atoms with E-state index in [9.17, 15) is 9.59 Å². The number of aromatic carboxylic acids is 1. The molecule has 6 nitrogen and oxygen atoms in total. The van der Waals surface area contributed by atoms with Gasteiger partial charge >= 0.3 is 5.97 Å². The molecule has 0 saturated carbocycles. The first kappa shape index (κ1) is 16.2. The van der Waals surface area contributed by atoms with E-state index in [2.05, 4.69) is 10.3 Å². The maximum atomic E-state index is 12.3. The van der Waals surface area contributed by atoms with Crippen LogP contribution in [0.5, 0.6) is 0 Å². The summed E-state index contributed by atoms with van der Waals surface area (Å²) in [6.07, 6.45) is 0. The second kappa shape index (κ2) is 6.56. The van der Waals surface area contributed by atoms with Crippen molar-refractivity contribution in [3.8, 4) is 0 Å². The minimum absolute atomic E-state index is 0.0560. The number of methoxy groups -OCH3 is 1. The Balaban J connectivity index is 3.00. The predicted octanol–water partition coefficient (Wildman–Crippen LogP) is 1.73. The van der Waals surface area contributed by atoms with E-state index in [0.29, 0.717) is 23.4 Å². The molecule has 1 unspecified atom stereocenters. The van der Waals surface area contributed by atoms with Gasteiger partial charge in [0.2, 0.25) is 0 Å². The van der Waals surface area contributed by atoms with E-state index in [1.807, 2.05) is 13.8 Å². The Kier molecular flexibility index (Phi) is 5.33. The quantitative estimate of drug-likeness (QED) is 0.741. The van der Waals surface area contributed by atoms with Gasteiger partial charge in [-0.3, -0.25) is 4.79 Å². The molecule has 1 amide bonds. The molecule has 0 saturated heterocycles. The Bertz CT molecular complexity index is 506. The number of aryl methyl sites for hydroxylation is 1. The second-order valence-electron chi connectivity index (χ2n) is 5.21. The smallest absolute Gasteiger partial charge is 0.352 e. The lowest BCUT2D eigenvalue weighted by molar-refractivity contribution is 0.0690. The topological polar surface area (TPSA) is 91.4 Å². The molecule has 112 valence electrons. The number of carboxylic acid groups (broad SMARTS) is 1. The molecule has 0 aliphatic heterocycles. The largest absolute Gasteiger partial charge is 0.477 e. The summed E-state index contributed by atoms with van der Waals surface area (Å²) in [5.41, 5.74) is 1.45. The summed E-state index contributed by atoms with van der Waals surface area (Å²) in [4.78, 5) is 26.1. The first-order valence-electron chi connectivity index (χ1n) is 6.51. The number of aromatic amines is 1. The predicted molar refractivity (Wildman–Crippen MR) is 75.2 cm³/mol. The van der Waals surface area contributed by atoms with Gasteiger partial charge in [-0.2, -0.15) is 0 Å². The lowest BCUT2D eigenvalue weighted by Gasteiger charge is -2.21. The fourth-order valence-electron chi connectivity index (χ4n) is 2.13. The number of carbonyl (C=O) groups is 2. The van der Waals surface area contributed by atoms with Gasteiger partial charge in [-0.1, -0.05) is 13.8 Å². The summed E-state index contributed by atoms with van der Waals surface area (Å²) in [7, 11) is 1.58. The van der Waals surface area contributed by atoms with E-state index in [0.717, 1.165) is 0 Å². The molecule has 0 fully saturated rings. The summed E-state index contributed by atoms with van der Waals surface area (Å²) in [5, 5.41) is 11.9. The number of ether oxygens (including phenoxy) is 1. The van der Waals surface area contributed by atoms with Gasteiger partial charge in [0.05, 0.1) is 18.2 Å². The van der Waals surface area contributed by atoms with Crippen LogP contribution in [0.15, 0.2) is 0 Å². The van der Waals surface area contributed by atoms with Crippen molar-refractivity contribution < 1.29 is 19.4 Å². The van der Waals surface area contributed by atoms with Gasteiger partial charge < -0.3 is 20.1 Å². The molecule has 0 radical (unpaired) electrons. The van der Waals surface area contributed by atoms with Crippen molar-refractivity contribution in [1.29, 1.82) is 0 Å². The lowest BCUT2D eigenvalue weighted by atomic mass is 10.0. The van der Waals surface area contributed by atoms with Gasteiger partial charge in [-0.25, -0.2) is 4.79 Å². The molecule has 0 bridgehead atoms. The summed E-state index contributed by atoms with van der Waals surface area (Å²) >= 11 is 0. The van der Waals surface area contributed by atoms with Crippen LogP contribution in [0.4, 0.5) is 0 Å². The molecular weight excluding hydrogens is 260 g/mol. The van der Waals surface area contributed by atoms with Crippen molar-refractivity contribution in [3.05, 3.63) is 22.5 Å². The number of carboxylic acids is 1. The molecule has 1 atom stereocenters. The Morgan fingerprint density at radius 1 is 1.35 bits per heavy atom. The van der Waals surface area contributed by atoms with Crippen LogP contribution in [0.1, 0.15) is 46.0 Å². The number of hydrogen-bond donors (Lipinski definition) is 3. The molecule has 1 rings (SSSR count). The standard InChI is InChI=1S/C14H22N2O4/c1-7(2)10(6-20-5)16-13(17)11-8(3)12(14(18)19)15-9(11)4/h7,10,15H,6H2,1-5H3,(H,16,17)(H,18,19). The minimum Gasteiger partial charge on any atom is -0.477 e. The molecule has 1 aromatic rings. The zero-order chi connectivity index (χ0) is 15.4. The van der Waals surface area contributed by atoms with Crippen molar-refractivity contribution in [2.75, 3.05) is 13.7 Å². The molecule has 0 aliphatic carbocycles. The van der Waals surface area contributed by atoms with Gasteiger partial charge in [0.25, 0.3) is 5.91 Å². The van der Waals surface area contributed by atoms with Crippen molar-refractivity contribution in [2.24, 2.45) is 5.92 Å². The maximum Gasteiger partial charge on any atom is 0.352 e. The van der Waals surface area contributed by atoms with E-state index >= 15 is 0 Å². The highest BCUT2D eigenvalue weighted by Crippen LogP contribution is 2.18. The van der Waals surface area contributed by atoms with E-state index in [1.165, 1.54) is 0 Å². The Morgan fingerprint density at radius 2 is 1.95 bits per heavy atom. The molecule has 0 aromatic carbocycles. The van der Waals surface area contributed by atoms with E-state index in [-0.39, 0.29) is 23.6 Å². The summed E-state index contributed by atoms with van der Waals surface area (Å²) in [6.45, 7) is 7.71. The molecule has 3 N–H and O–H groups in total. The van der Waals surface area contributed by atoms with Gasteiger partial charge in [0.1, 0.15) is 5.69 Å². The van der Waals surface area contributed by atoms with Gasteiger partial charge in [-0.15, -0.1) is 0 Å².